The molecule has 1 N–H and O–H groups in total. The molecule has 142 valence electrons. The molecule has 10 heteroatoms. The number of fused-ring (bicyclic) bond motifs is 1. The quantitative estimate of drug-likeness (QED) is 0.358. The van der Waals surface area contributed by atoms with Crippen molar-refractivity contribution in [1.82, 2.24) is 5.32 Å². The Morgan fingerprint density at radius 2 is 2.00 bits per heavy atom. The molecule has 0 saturated carbocycles. The van der Waals surface area contributed by atoms with Gasteiger partial charge in [0.1, 0.15) is 5.75 Å². The summed E-state index contributed by atoms with van der Waals surface area (Å²) in [5.41, 5.74) is 0.644. The maximum absolute atomic E-state index is 11.8. The SMILES string of the molecule is COC(=O)/C=C1/S/C(=N\N=Cc2cc3c(cc2OC)OCCCO3)NC1=O. The second-order valence-corrected chi connectivity index (χ2v) is 6.36. The van der Waals surface area contributed by atoms with Gasteiger partial charge in [-0.2, -0.15) is 5.10 Å². The third-order valence-corrected chi connectivity index (χ3v) is 4.45. The normalized spacial score (nSPS) is 19.3. The highest BCUT2D eigenvalue weighted by Crippen LogP contribution is 2.35. The van der Waals surface area contributed by atoms with Crippen molar-refractivity contribution in [3.05, 3.63) is 28.7 Å². The van der Waals surface area contributed by atoms with Gasteiger partial charge in [0.15, 0.2) is 16.7 Å². The fourth-order valence-corrected chi connectivity index (χ4v) is 3.01. The Morgan fingerprint density at radius 1 is 1.26 bits per heavy atom. The summed E-state index contributed by atoms with van der Waals surface area (Å²) in [4.78, 5) is 23.2. The molecular weight excluding hydrogens is 374 g/mol. The lowest BCUT2D eigenvalue weighted by Gasteiger charge is -2.11. The molecule has 2 heterocycles. The van der Waals surface area contributed by atoms with Gasteiger partial charge < -0.3 is 18.9 Å². The van der Waals surface area contributed by atoms with Crippen LogP contribution in [-0.2, 0) is 14.3 Å². The third-order valence-electron chi connectivity index (χ3n) is 3.55. The zero-order valence-corrected chi connectivity index (χ0v) is 15.5. The molecule has 0 bridgehead atoms. The van der Waals surface area contributed by atoms with E-state index in [2.05, 4.69) is 20.3 Å². The molecule has 1 amide bonds. The van der Waals surface area contributed by atoms with E-state index >= 15 is 0 Å². The maximum atomic E-state index is 11.8. The number of carbonyl (C=O) groups excluding carboxylic acids is 2. The van der Waals surface area contributed by atoms with Gasteiger partial charge in [-0.15, -0.1) is 5.10 Å². The number of methoxy groups -OCH3 is 2. The van der Waals surface area contributed by atoms with Crippen LogP contribution in [0.1, 0.15) is 12.0 Å². The van der Waals surface area contributed by atoms with E-state index in [1.165, 1.54) is 13.3 Å². The molecule has 0 spiro atoms. The molecule has 0 atom stereocenters. The first-order valence-electron chi connectivity index (χ1n) is 7.98. The van der Waals surface area contributed by atoms with Crippen LogP contribution in [0.5, 0.6) is 17.2 Å². The zero-order chi connectivity index (χ0) is 19.2. The molecule has 1 aromatic rings. The lowest BCUT2D eigenvalue weighted by molar-refractivity contribution is -0.135. The van der Waals surface area contributed by atoms with Crippen LogP contribution in [-0.4, -0.2) is 50.7 Å². The molecule has 9 nitrogen and oxygen atoms in total. The Hall–Kier alpha value is -3.01. The second kappa shape index (κ2) is 8.58. The first kappa shape index (κ1) is 18.8. The average Bonchev–Trinajstić information content (AvgIpc) is 2.87. The topological polar surface area (TPSA) is 108 Å². The largest absolute Gasteiger partial charge is 0.496 e. The van der Waals surface area contributed by atoms with Crippen molar-refractivity contribution in [3.63, 3.8) is 0 Å². The van der Waals surface area contributed by atoms with Crippen LogP contribution in [0.4, 0.5) is 0 Å². The van der Waals surface area contributed by atoms with Gasteiger partial charge in [-0.05, 0) is 17.8 Å². The summed E-state index contributed by atoms with van der Waals surface area (Å²) in [5.74, 6) is 0.720. The number of amidine groups is 1. The van der Waals surface area contributed by atoms with Gasteiger partial charge in [-0.3, -0.25) is 10.1 Å². The van der Waals surface area contributed by atoms with E-state index in [1.807, 2.05) is 0 Å². The first-order valence-corrected chi connectivity index (χ1v) is 8.80. The van der Waals surface area contributed by atoms with Crippen molar-refractivity contribution < 1.29 is 28.5 Å². The number of benzene rings is 1. The van der Waals surface area contributed by atoms with E-state index in [0.717, 1.165) is 24.3 Å². The third kappa shape index (κ3) is 4.59. The van der Waals surface area contributed by atoms with E-state index in [0.29, 0.717) is 36.0 Å². The van der Waals surface area contributed by atoms with Gasteiger partial charge in [0.2, 0.25) is 0 Å². The van der Waals surface area contributed by atoms with Gasteiger partial charge in [0.25, 0.3) is 5.91 Å². The van der Waals surface area contributed by atoms with Gasteiger partial charge in [0.05, 0.1) is 38.6 Å². The summed E-state index contributed by atoms with van der Waals surface area (Å²) in [6.07, 6.45) is 3.38. The molecule has 0 radical (unpaired) electrons. The van der Waals surface area contributed by atoms with Crippen LogP contribution in [0.15, 0.2) is 33.3 Å². The number of carbonyl (C=O) groups is 2. The summed E-state index contributed by atoms with van der Waals surface area (Å²) in [6, 6.07) is 3.49. The lowest BCUT2D eigenvalue weighted by atomic mass is 10.2. The highest BCUT2D eigenvalue weighted by atomic mass is 32.2. The summed E-state index contributed by atoms with van der Waals surface area (Å²) in [6.45, 7) is 1.14. The molecule has 1 aromatic carbocycles. The van der Waals surface area contributed by atoms with Gasteiger partial charge in [-0.25, -0.2) is 4.79 Å². The molecule has 1 saturated heterocycles. The number of ether oxygens (including phenoxy) is 4. The number of nitrogens with one attached hydrogen (secondary N) is 1. The fraction of sp³-hybridized carbons (Fsp3) is 0.294. The van der Waals surface area contributed by atoms with Crippen molar-refractivity contribution >= 4 is 35.0 Å². The highest BCUT2D eigenvalue weighted by Gasteiger charge is 2.25. The number of hydrogen-bond acceptors (Lipinski definition) is 9. The van der Waals surface area contributed by atoms with E-state index < -0.39 is 11.9 Å². The summed E-state index contributed by atoms with van der Waals surface area (Å²) in [5, 5.41) is 10.7. The van der Waals surface area contributed by atoms with Crippen molar-refractivity contribution in [1.29, 1.82) is 0 Å². The maximum Gasteiger partial charge on any atom is 0.331 e. The highest BCUT2D eigenvalue weighted by molar-refractivity contribution is 8.18. The summed E-state index contributed by atoms with van der Waals surface area (Å²) in [7, 11) is 2.78. The minimum absolute atomic E-state index is 0.184. The molecule has 0 aromatic heterocycles. The fourth-order valence-electron chi connectivity index (χ4n) is 2.27. The Bertz CT molecular complexity index is 849. The van der Waals surface area contributed by atoms with Crippen molar-refractivity contribution in [2.45, 2.75) is 6.42 Å². The monoisotopic (exact) mass is 391 g/mol. The first-order chi connectivity index (χ1) is 13.1. The number of esters is 1. The number of thioether (sulfide) groups is 1. The van der Waals surface area contributed by atoms with E-state index in [-0.39, 0.29) is 10.1 Å². The molecule has 0 unspecified atom stereocenters. The number of hydrogen-bond donors (Lipinski definition) is 1. The zero-order valence-electron chi connectivity index (χ0n) is 14.7. The van der Waals surface area contributed by atoms with Gasteiger partial charge in [-0.1, -0.05) is 0 Å². The van der Waals surface area contributed by atoms with Crippen LogP contribution in [0, 0.1) is 0 Å². The predicted octanol–water partition coefficient (Wildman–Crippen LogP) is 1.47. The smallest absolute Gasteiger partial charge is 0.331 e. The minimum atomic E-state index is -0.616. The van der Waals surface area contributed by atoms with E-state index in [1.54, 1.807) is 19.2 Å². The standard InChI is InChI=1S/C17H17N3O6S/c1-23-11-7-13-12(25-4-3-5-26-13)6-10(11)9-18-20-17-19-16(22)14(27-17)8-15(21)24-2/h6-9H,3-5H2,1-2H3,(H,19,20,22)/b14-8+,18-9?. The minimum Gasteiger partial charge on any atom is -0.496 e. The van der Waals surface area contributed by atoms with Crippen LogP contribution in [0.2, 0.25) is 0 Å². The Labute approximate surface area is 159 Å². The summed E-state index contributed by atoms with van der Waals surface area (Å²) >= 11 is 0.993. The van der Waals surface area contributed by atoms with Crippen LogP contribution in [0.25, 0.3) is 0 Å². The average molecular weight is 391 g/mol. The molecule has 2 aliphatic heterocycles. The number of rotatable bonds is 4. The van der Waals surface area contributed by atoms with Crippen LogP contribution >= 0.6 is 11.8 Å². The molecule has 27 heavy (non-hydrogen) atoms. The number of amides is 1. The van der Waals surface area contributed by atoms with Gasteiger partial charge >= 0.3 is 5.97 Å². The van der Waals surface area contributed by atoms with Crippen molar-refractivity contribution in [2.24, 2.45) is 10.2 Å². The predicted molar refractivity (Wildman–Crippen MR) is 99.5 cm³/mol. The van der Waals surface area contributed by atoms with Crippen molar-refractivity contribution in [2.75, 3.05) is 27.4 Å². The molecular formula is C17H17N3O6S. The molecule has 0 aliphatic carbocycles. The lowest BCUT2D eigenvalue weighted by Crippen LogP contribution is -2.19. The molecule has 3 rings (SSSR count). The van der Waals surface area contributed by atoms with Crippen LogP contribution in [0.3, 0.4) is 0 Å². The Morgan fingerprint density at radius 3 is 2.70 bits per heavy atom. The van der Waals surface area contributed by atoms with E-state index in [9.17, 15) is 9.59 Å². The second-order valence-electron chi connectivity index (χ2n) is 5.33. The van der Waals surface area contributed by atoms with Gasteiger partial charge in [0, 0.05) is 24.1 Å². The molecule has 1 fully saturated rings. The Balaban J connectivity index is 1.77. The summed E-state index contributed by atoms with van der Waals surface area (Å²) < 4.78 is 21.1. The number of nitrogens with zero attached hydrogens (tertiary/aromatic N) is 2. The van der Waals surface area contributed by atoms with Crippen molar-refractivity contribution in [3.8, 4) is 17.2 Å². The Kier molecular flexibility index (Phi) is 5.97. The van der Waals surface area contributed by atoms with Crippen LogP contribution < -0.4 is 19.5 Å². The molecule has 2 aliphatic rings. The van der Waals surface area contributed by atoms with E-state index in [4.69, 9.17) is 14.2 Å².